The number of rotatable bonds is 4. The summed E-state index contributed by atoms with van der Waals surface area (Å²) in [6.45, 7) is 0. The Kier molecular flexibility index (Phi) is 3.85. The topological polar surface area (TPSA) is 20.2 Å². The predicted octanol–water partition coefficient (Wildman–Crippen LogP) is 4.17. The van der Waals surface area contributed by atoms with Gasteiger partial charge in [0.15, 0.2) is 0 Å². The highest BCUT2D eigenvalue weighted by molar-refractivity contribution is 5.38. The Morgan fingerprint density at radius 2 is 0.952 bits per heavy atom. The molecule has 0 aliphatic carbocycles. The fraction of sp³-hybridized carbons (Fsp3) is 0.100. The third-order valence-electron chi connectivity index (χ3n) is 3.81. The van der Waals surface area contributed by atoms with Gasteiger partial charge in [-0.1, -0.05) is 91.0 Å². The molecule has 1 heteroatoms. The summed E-state index contributed by atoms with van der Waals surface area (Å²) in [6.07, 6.45) is 0.557. The molecular formula is C20H18O. The van der Waals surface area contributed by atoms with Crippen molar-refractivity contribution in [2.24, 2.45) is 0 Å². The first kappa shape index (κ1) is 13.6. The molecule has 3 rings (SSSR count). The van der Waals surface area contributed by atoms with Gasteiger partial charge in [-0.3, -0.25) is 0 Å². The van der Waals surface area contributed by atoms with E-state index in [9.17, 15) is 5.11 Å². The summed E-state index contributed by atoms with van der Waals surface area (Å²) in [4.78, 5) is 0. The van der Waals surface area contributed by atoms with Crippen LogP contribution in [0.3, 0.4) is 0 Å². The molecule has 3 aromatic rings. The first-order valence-corrected chi connectivity index (χ1v) is 7.16. The van der Waals surface area contributed by atoms with Crippen molar-refractivity contribution < 1.29 is 5.11 Å². The molecule has 0 heterocycles. The molecule has 0 saturated heterocycles. The number of hydrogen-bond donors (Lipinski definition) is 1. The zero-order valence-electron chi connectivity index (χ0n) is 11.8. The SMILES string of the molecule is OC(Cc1ccccc1)(c1ccccc1)c1ccccc1. The highest BCUT2D eigenvalue weighted by Crippen LogP contribution is 2.33. The van der Waals surface area contributed by atoms with Crippen LogP contribution >= 0.6 is 0 Å². The van der Waals surface area contributed by atoms with Crippen LogP contribution in [-0.2, 0) is 12.0 Å². The molecule has 0 spiro atoms. The Labute approximate surface area is 125 Å². The quantitative estimate of drug-likeness (QED) is 0.757. The fourth-order valence-electron chi connectivity index (χ4n) is 2.69. The molecule has 0 bridgehead atoms. The van der Waals surface area contributed by atoms with Crippen molar-refractivity contribution in [3.63, 3.8) is 0 Å². The van der Waals surface area contributed by atoms with E-state index in [1.54, 1.807) is 0 Å². The maximum atomic E-state index is 11.4. The lowest BCUT2D eigenvalue weighted by molar-refractivity contribution is 0.0811. The second-order valence-electron chi connectivity index (χ2n) is 5.25. The molecular weight excluding hydrogens is 256 g/mol. The Morgan fingerprint density at radius 1 is 0.571 bits per heavy atom. The van der Waals surface area contributed by atoms with Crippen LogP contribution in [0.2, 0.25) is 0 Å². The monoisotopic (exact) mass is 274 g/mol. The van der Waals surface area contributed by atoms with Gasteiger partial charge in [0.25, 0.3) is 0 Å². The minimum atomic E-state index is -1.01. The van der Waals surface area contributed by atoms with E-state index in [-0.39, 0.29) is 0 Å². The largest absolute Gasteiger partial charge is 0.380 e. The summed E-state index contributed by atoms with van der Waals surface area (Å²) in [5.41, 5.74) is 1.94. The van der Waals surface area contributed by atoms with Crippen LogP contribution in [-0.4, -0.2) is 5.11 Å². The Bertz CT molecular complexity index is 635. The first-order chi connectivity index (χ1) is 10.3. The number of aliphatic hydroxyl groups is 1. The van der Waals surface area contributed by atoms with Crippen molar-refractivity contribution in [1.82, 2.24) is 0 Å². The summed E-state index contributed by atoms with van der Waals surface area (Å²) >= 11 is 0. The van der Waals surface area contributed by atoms with E-state index < -0.39 is 5.60 Å². The summed E-state index contributed by atoms with van der Waals surface area (Å²) in [5.74, 6) is 0. The number of hydrogen-bond acceptors (Lipinski definition) is 1. The second-order valence-corrected chi connectivity index (χ2v) is 5.25. The second kappa shape index (κ2) is 5.94. The lowest BCUT2D eigenvalue weighted by Crippen LogP contribution is -2.30. The average Bonchev–Trinajstić information content (AvgIpc) is 2.57. The van der Waals surface area contributed by atoms with Crippen LogP contribution in [0.1, 0.15) is 16.7 Å². The van der Waals surface area contributed by atoms with Gasteiger partial charge in [0.1, 0.15) is 5.60 Å². The Morgan fingerprint density at radius 3 is 1.38 bits per heavy atom. The molecule has 0 fully saturated rings. The van der Waals surface area contributed by atoms with Gasteiger partial charge in [-0.05, 0) is 16.7 Å². The van der Waals surface area contributed by atoms with Gasteiger partial charge in [0, 0.05) is 6.42 Å². The molecule has 21 heavy (non-hydrogen) atoms. The summed E-state index contributed by atoms with van der Waals surface area (Å²) in [7, 11) is 0. The van der Waals surface area contributed by atoms with E-state index in [2.05, 4.69) is 12.1 Å². The van der Waals surface area contributed by atoms with E-state index in [1.807, 2.05) is 78.9 Å². The molecule has 0 amide bonds. The van der Waals surface area contributed by atoms with Gasteiger partial charge in [-0.25, -0.2) is 0 Å². The molecule has 1 nitrogen and oxygen atoms in total. The van der Waals surface area contributed by atoms with Crippen LogP contribution < -0.4 is 0 Å². The molecule has 0 aliphatic rings. The Balaban J connectivity index is 2.07. The van der Waals surface area contributed by atoms with Crippen LogP contribution in [0.5, 0.6) is 0 Å². The molecule has 0 unspecified atom stereocenters. The van der Waals surface area contributed by atoms with Gasteiger partial charge in [0.2, 0.25) is 0 Å². The predicted molar refractivity (Wildman–Crippen MR) is 86.0 cm³/mol. The summed E-state index contributed by atoms with van der Waals surface area (Å²) in [6, 6.07) is 29.8. The summed E-state index contributed by atoms with van der Waals surface area (Å²) in [5, 5.41) is 11.4. The van der Waals surface area contributed by atoms with Crippen molar-refractivity contribution >= 4 is 0 Å². The van der Waals surface area contributed by atoms with Crippen molar-refractivity contribution in [3.8, 4) is 0 Å². The maximum Gasteiger partial charge on any atom is 0.119 e. The first-order valence-electron chi connectivity index (χ1n) is 7.16. The third-order valence-corrected chi connectivity index (χ3v) is 3.81. The maximum absolute atomic E-state index is 11.4. The minimum Gasteiger partial charge on any atom is -0.380 e. The Hall–Kier alpha value is -2.38. The van der Waals surface area contributed by atoms with Gasteiger partial charge < -0.3 is 5.11 Å². The van der Waals surface area contributed by atoms with E-state index in [4.69, 9.17) is 0 Å². The van der Waals surface area contributed by atoms with Gasteiger partial charge in [-0.2, -0.15) is 0 Å². The normalized spacial score (nSPS) is 11.3. The standard InChI is InChI=1S/C20H18O/c21-20(18-12-6-2-7-13-18,19-14-8-3-9-15-19)16-17-10-4-1-5-11-17/h1-15,21H,16H2. The van der Waals surface area contributed by atoms with Gasteiger partial charge >= 0.3 is 0 Å². The van der Waals surface area contributed by atoms with Gasteiger partial charge in [-0.15, -0.1) is 0 Å². The van der Waals surface area contributed by atoms with Crippen molar-refractivity contribution in [2.45, 2.75) is 12.0 Å². The highest BCUT2D eigenvalue weighted by atomic mass is 16.3. The van der Waals surface area contributed by atoms with E-state index in [0.29, 0.717) is 6.42 Å². The van der Waals surface area contributed by atoms with E-state index in [1.165, 1.54) is 0 Å². The zero-order valence-corrected chi connectivity index (χ0v) is 11.8. The summed E-state index contributed by atoms with van der Waals surface area (Å²) < 4.78 is 0. The fourth-order valence-corrected chi connectivity index (χ4v) is 2.69. The molecule has 0 aliphatic heterocycles. The molecule has 0 saturated carbocycles. The number of benzene rings is 3. The highest BCUT2D eigenvalue weighted by Gasteiger charge is 2.31. The average molecular weight is 274 g/mol. The van der Waals surface area contributed by atoms with Crippen LogP contribution in [0.15, 0.2) is 91.0 Å². The zero-order chi connectivity index (χ0) is 14.5. The van der Waals surface area contributed by atoms with Crippen molar-refractivity contribution in [1.29, 1.82) is 0 Å². The molecule has 0 radical (unpaired) electrons. The lowest BCUT2D eigenvalue weighted by Gasteiger charge is -2.29. The molecule has 104 valence electrons. The van der Waals surface area contributed by atoms with E-state index in [0.717, 1.165) is 16.7 Å². The molecule has 1 N–H and O–H groups in total. The van der Waals surface area contributed by atoms with Gasteiger partial charge in [0.05, 0.1) is 0 Å². The minimum absolute atomic E-state index is 0.557. The van der Waals surface area contributed by atoms with Crippen molar-refractivity contribution in [3.05, 3.63) is 108 Å². The molecule has 3 aromatic carbocycles. The molecule has 0 atom stereocenters. The van der Waals surface area contributed by atoms with Crippen LogP contribution in [0, 0.1) is 0 Å². The van der Waals surface area contributed by atoms with Crippen LogP contribution in [0.4, 0.5) is 0 Å². The van der Waals surface area contributed by atoms with Crippen molar-refractivity contribution in [2.75, 3.05) is 0 Å². The lowest BCUT2D eigenvalue weighted by atomic mass is 9.81. The molecule has 0 aromatic heterocycles. The van der Waals surface area contributed by atoms with Crippen LogP contribution in [0.25, 0.3) is 0 Å². The van der Waals surface area contributed by atoms with E-state index >= 15 is 0 Å². The third kappa shape index (κ3) is 2.88. The smallest absolute Gasteiger partial charge is 0.119 e.